The average Bonchev–Trinajstić information content (AvgIpc) is 2.92. The Balaban J connectivity index is 1.91. The highest BCUT2D eigenvalue weighted by atomic mass is 35.5. The second-order valence-corrected chi connectivity index (χ2v) is 14.1. The molecule has 10 heteroatoms. The van der Waals surface area contributed by atoms with Crippen molar-refractivity contribution in [3.05, 3.63) is 99.0 Å². The number of carbonyl (C=O) groups is 2. The van der Waals surface area contributed by atoms with Crippen LogP contribution in [0.25, 0.3) is 0 Å². The highest BCUT2D eigenvalue weighted by Crippen LogP contribution is 2.26. The molecule has 0 heterocycles. The molecule has 0 saturated carbocycles. The summed E-state index contributed by atoms with van der Waals surface area (Å²) in [5.74, 6) is -0.285. The summed E-state index contributed by atoms with van der Waals surface area (Å²) >= 11 is 12.4. The van der Waals surface area contributed by atoms with E-state index in [4.69, 9.17) is 23.2 Å². The molecule has 0 fully saturated rings. The molecule has 3 rings (SSSR count). The molecule has 0 aliphatic rings. The zero-order chi connectivity index (χ0) is 31.7. The fourth-order valence-corrected chi connectivity index (χ4v) is 6.18. The van der Waals surface area contributed by atoms with Crippen molar-refractivity contribution in [1.82, 2.24) is 10.2 Å². The molecule has 232 valence electrons. The van der Waals surface area contributed by atoms with Gasteiger partial charge >= 0.3 is 0 Å². The summed E-state index contributed by atoms with van der Waals surface area (Å²) in [4.78, 5) is 29.2. The monoisotopic (exact) mass is 645 g/mol. The van der Waals surface area contributed by atoms with Gasteiger partial charge in [0.1, 0.15) is 6.04 Å². The van der Waals surface area contributed by atoms with E-state index in [9.17, 15) is 18.0 Å². The van der Waals surface area contributed by atoms with Crippen molar-refractivity contribution < 1.29 is 18.0 Å². The number of nitrogens with one attached hydrogen (secondary N) is 1. The van der Waals surface area contributed by atoms with Crippen LogP contribution >= 0.6 is 23.2 Å². The molecule has 0 aromatic heterocycles. The smallest absolute Gasteiger partial charge is 0.243 e. The van der Waals surface area contributed by atoms with Crippen LogP contribution in [0.3, 0.4) is 0 Å². The number of amides is 2. The third-order valence-electron chi connectivity index (χ3n) is 6.94. The van der Waals surface area contributed by atoms with Gasteiger partial charge in [0, 0.05) is 32.5 Å². The van der Waals surface area contributed by atoms with E-state index in [1.165, 1.54) is 4.31 Å². The van der Waals surface area contributed by atoms with E-state index in [2.05, 4.69) is 5.32 Å². The molecule has 1 atom stereocenters. The Bertz CT molecular complexity index is 1490. The van der Waals surface area contributed by atoms with Crippen molar-refractivity contribution in [2.75, 3.05) is 23.7 Å². The molecule has 3 aromatic carbocycles. The molecule has 0 radical (unpaired) electrons. The Hall–Kier alpha value is -3.07. The molecule has 0 unspecified atom stereocenters. The lowest BCUT2D eigenvalue weighted by molar-refractivity contribution is -0.141. The van der Waals surface area contributed by atoms with Gasteiger partial charge in [0.15, 0.2) is 0 Å². The molecule has 0 spiro atoms. The van der Waals surface area contributed by atoms with Crippen molar-refractivity contribution in [3.8, 4) is 0 Å². The normalized spacial score (nSPS) is 12.2. The third-order valence-corrected chi connectivity index (χ3v) is 8.87. The summed E-state index contributed by atoms with van der Waals surface area (Å²) in [6.45, 7) is 8.57. The quantitative estimate of drug-likeness (QED) is 0.215. The number of anilines is 1. The van der Waals surface area contributed by atoms with Crippen molar-refractivity contribution in [3.63, 3.8) is 0 Å². The zero-order valence-corrected chi connectivity index (χ0v) is 27.8. The Labute approximate surface area is 266 Å². The Morgan fingerprint density at radius 2 is 1.53 bits per heavy atom. The molecule has 0 saturated heterocycles. The maximum Gasteiger partial charge on any atom is 0.243 e. The minimum atomic E-state index is -3.60. The van der Waals surface area contributed by atoms with Gasteiger partial charge in [-0.25, -0.2) is 8.42 Å². The van der Waals surface area contributed by atoms with Crippen LogP contribution in [0.2, 0.25) is 10.0 Å². The van der Waals surface area contributed by atoms with Crippen LogP contribution in [0.15, 0.2) is 66.7 Å². The summed E-state index contributed by atoms with van der Waals surface area (Å²) in [6.07, 6.45) is 1.79. The standard InChI is InChI=1S/C33H41Cl2N3O4S/c1-23(2)21-36-33(40)31(20-26-10-7-6-8-11-26)37(22-27-13-14-29(34)30(35)19-27)32(39)12-9-15-38(43(5,41)42)28-17-24(3)16-25(4)18-28/h6-8,10-11,13-14,16-19,23,31H,9,12,15,20-22H2,1-5H3,(H,36,40)/t31-/m0/s1. The van der Waals surface area contributed by atoms with Gasteiger partial charge in [-0.2, -0.15) is 0 Å². The van der Waals surface area contributed by atoms with Crippen LogP contribution in [0.5, 0.6) is 0 Å². The van der Waals surface area contributed by atoms with Crippen molar-refractivity contribution in [1.29, 1.82) is 0 Å². The SMILES string of the molecule is Cc1cc(C)cc(N(CCCC(=O)N(Cc2ccc(Cl)c(Cl)c2)[C@@H](Cc2ccccc2)C(=O)NCC(C)C)S(C)(=O)=O)c1. The van der Waals surface area contributed by atoms with E-state index in [0.717, 1.165) is 28.5 Å². The van der Waals surface area contributed by atoms with Gasteiger partial charge in [0.05, 0.1) is 22.0 Å². The van der Waals surface area contributed by atoms with Crippen molar-refractivity contribution in [2.45, 2.75) is 59.5 Å². The number of benzene rings is 3. The number of sulfonamides is 1. The van der Waals surface area contributed by atoms with Gasteiger partial charge in [0.25, 0.3) is 0 Å². The summed E-state index contributed by atoms with van der Waals surface area (Å²) < 4.78 is 26.8. The fraction of sp³-hybridized carbons (Fsp3) is 0.394. The Kier molecular flexibility index (Phi) is 12.5. The summed E-state index contributed by atoms with van der Waals surface area (Å²) in [5.41, 5.74) is 4.10. The Morgan fingerprint density at radius 3 is 2.12 bits per heavy atom. The minimum Gasteiger partial charge on any atom is -0.354 e. The predicted molar refractivity (Wildman–Crippen MR) is 176 cm³/mol. The van der Waals surface area contributed by atoms with E-state index in [-0.39, 0.29) is 43.7 Å². The first-order valence-corrected chi connectivity index (χ1v) is 17.0. The lowest BCUT2D eigenvalue weighted by Crippen LogP contribution is -2.51. The maximum absolute atomic E-state index is 14.0. The van der Waals surface area contributed by atoms with E-state index in [1.54, 1.807) is 23.1 Å². The number of aryl methyl sites for hydroxylation is 2. The molecular formula is C33H41Cl2N3O4S. The van der Waals surface area contributed by atoms with Gasteiger partial charge in [-0.05, 0) is 72.7 Å². The molecule has 43 heavy (non-hydrogen) atoms. The molecule has 2 amide bonds. The van der Waals surface area contributed by atoms with E-state index in [1.807, 2.05) is 76.2 Å². The topological polar surface area (TPSA) is 86.8 Å². The molecule has 7 nitrogen and oxygen atoms in total. The maximum atomic E-state index is 14.0. The number of halogens is 2. The lowest BCUT2D eigenvalue weighted by Gasteiger charge is -2.32. The predicted octanol–water partition coefficient (Wildman–Crippen LogP) is 6.57. The number of carbonyl (C=O) groups excluding carboxylic acids is 2. The van der Waals surface area contributed by atoms with Gasteiger partial charge < -0.3 is 10.2 Å². The summed E-state index contributed by atoms with van der Waals surface area (Å²) in [7, 11) is -3.60. The van der Waals surface area contributed by atoms with Crippen molar-refractivity contribution in [2.24, 2.45) is 5.92 Å². The molecule has 0 bridgehead atoms. The highest BCUT2D eigenvalue weighted by Gasteiger charge is 2.31. The van der Waals surface area contributed by atoms with Crippen LogP contribution < -0.4 is 9.62 Å². The molecule has 0 aliphatic carbocycles. The molecule has 1 N–H and O–H groups in total. The Morgan fingerprint density at radius 1 is 0.884 bits per heavy atom. The summed E-state index contributed by atoms with van der Waals surface area (Å²) in [6, 6.07) is 19.5. The van der Waals surface area contributed by atoms with Crippen LogP contribution in [-0.2, 0) is 32.6 Å². The van der Waals surface area contributed by atoms with Crippen LogP contribution in [0.4, 0.5) is 5.69 Å². The first kappa shape index (κ1) is 34.4. The van der Waals surface area contributed by atoms with Gasteiger partial charge in [-0.15, -0.1) is 0 Å². The zero-order valence-electron chi connectivity index (χ0n) is 25.4. The van der Waals surface area contributed by atoms with E-state index in [0.29, 0.717) is 28.7 Å². The van der Waals surface area contributed by atoms with E-state index >= 15 is 0 Å². The average molecular weight is 647 g/mol. The second-order valence-electron chi connectivity index (χ2n) is 11.4. The minimum absolute atomic E-state index is 0.0425. The third kappa shape index (κ3) is 10.6. The lowest BCUT2D eigenvalue weighted by atomic mass is 10.0. The highest BCUT2D eigenvalue weighted by molar-refractivity contribution is 7.92. The van der Waals surface area contributed by atoms with Crippen LogP contribution in [-0.4, -0.2) is 50.5 Å². The van der Waals surface area contributed by atoms with Gasteiger partial charge in [0.2, 0.25) is 21.8 Å². The number of nitrogens with zero attached hydrogens (tertiary/aromatic N) is 2. The number of hydrogen-bond donors (Lipinski definition) is 1. The molecule has 3 aromatic rings. The molecule has 0 aliphatic heterocycles. The van der Waals surface area contributed by atoms with Crippen molar-refractivity contribution >= 4 is 50.7 Å². The number of rotatable bonds is 14. The summed E-state index contributed by atoms with van der Waals surface area (Å²) in [5, 5.41) is 3.75. The largest absolute Gasteiger partial charge is 0.354 e. The molecular weight excluding hydrogens is 605 g/mol. The number of hydrogen-bond acceptors (Lipinski definition) is 4. The second kappa shape index (κ2) is 15.6. The van der Waals surface area contributed by atoms with Gasteiger partial charge in [-0.1, -0.05) is 79.5 Å². The van der Waals surface area contributed by atoms with E-state index < -0.39 is 16.1 Å². The first-order valence-electron chi connectivity index (χ1n) is 14.4. The fourth-order valence-electron chi connectivity index (χ4n) is 4.91. The van der Waals surface area contributed by atoms with Crippen LogP contribution in [0.1, 0.15) is 48.9 Å². The van der Waals surface area contributed by atoms with Crippen LogP contribution in [0, 0.1) is 19.8 Å². The first-order chi connectivity index (χ1) is 20.2. The van der Waals surface area contributed by atoms with Gasteiger partial charge in [-0.3, -0.25) is 13.9 Å².